The third kappa shape index (κ3) is 7.17. The first kappa shape index (κ1) is 29.5. The van der Waals surface area contributed by atoms with Gasteiger partial charge in [-0.2, -0.15) is 0 Å². The Morgan fingerprint density at radius 3 is 1.77 bits per heavy atom. The molecule has 4 rings (SSSR count). The molecule has 39 heavy (non-hydrogen) atoms. The Bertz CT molecular complexity index is 1130. The normalized spacial score (nSPS) is 15.3. The summed E-state index contributed by atoms with van der Waals surface area (Å²) >= 11 is 0. The van der Waals surface area contributed by atoms with Crippen LogP contribution < -0.4 is 20.6 Å². The van der Waals surface area contributed by atoms with E-state index in [1.165, 1.54) is 22.5 Å². The topological polar surface area (TPSA) is 65.4 Å². The molecule has 0 bridgehead atoms. The van der Waals surface area contributed by atoms with E-state index >= 15 is 0 Å². The van der Waals surface area contributed by atoms with Crippen molar-refractivity contribution >= 4 is 31.3 Å². The molecule has 1 saturated heterocycles. The minimum absolute atomic E-state index is 0.0356. The standard InChI is InChI=1S/C30H40BFN2O4Si/c1-30(2,3)39(26-10-6-4-7-11-26,27-12-8-5-9-13-27)38-23-21-34-18-16-33(17-19-34)20-22-37-29-15-14-25(31(35)36)24-28(29)32/h4-15,24,35-36H,16-23H2,1-3H3. The summed E-state index contributed by atoms with van der Waals surface area (Å²) in [7, 11) is -4.22. The fourth-order valence-electron chi connectivity index (χ4n) is 5.41. The van der Waals surface area contributed by atoms with E-state index in [-0.39, 0.29) is 16.3 Å². The van der Waals surface area contributed by atoms with E-state index in [4.69, 9.17) is 9.16 Å². The van der Waals surface area contributed by atoms with Gasteiger partial charge in [0.2, 0.25) is 0 Å². The Hall–Kier alpha value is -2.53. The molecule has 0 unspecified atom stereocenters. The quantitative estimate of drug-likeness (QED) is 0.357. The molecule has 0 radical (unpaired) electrons. The summed E-state index contributed by atoms with van der Waals surface area (Å²) in [5.41, 5.74) is 0.106. The Morgan fingerprint density at radius 1 is 0.795 bits per heavy atom. The molecule has 3 aromatic rings. The number of hydrogen-bond donors (Lipinski definition) is 2. The van der Waals surface area contributed by atoms with E-state index in [1.807, 2.05) is 0 Å². The average molecular weight is 551 g/mol. The Balaban J connectivity index is 1.29. The van der Waals surface area contributed by atoms with Crippen molar-refractivity contribution in [3.05, 3.63) is 84.7 Å². The summed E-state index contributed by atoms with van der Waals surface area (Å²) in [5, 5.41) is 20.9. The fraction of sp³-hybridized carbons (Fsp3) is 0.400. The van der Waals surface area contributed by atoms with Crippen LogP contribution in [0.1, 0.15) is 20.8 Å². The van der Waals surface area contributed by atoms with Crippen molar-refractivity contribution in [1.82, 2.24) is 9.80 Å². The lowest BCUT2D eigenvalue weighted by Gasteiger charge is -2.43. The number of nitrogens with zero attached hydrogens (tertiary/aromatic N) is 2. The van der Waals surface area contributed by atoms with Crippen LogP contribution in [0, 0.1) is 5.82 Å². The largest absolute Gasteiger partial charge is 0.489 e. The van der Waals surface area contributed by atoms with E-state index < -0.39 is 21.3 Å². The van der Waals surface area contributed by atoms with Crippen molar-refractivity contribution in [2.45, 2.75) is 25.8 Å². The highest BCUT2D eigenvalue weighted by atomic mass is 28.4. The van der Waals surface area contributed by atoms with Crippen molar-refractivity contribution < 1.29 is 23.6 Å². The predicted octanol–water partition coefficient (Wildman–Crippen LogP) is 2.08. The summed E-state index contributed by atoms with van der Waals surface area (Å²) in [6.07, 6.45) is 0. The van der Waals surface area contributed by atoms with E-state index in [0.29, 0.717) is 19.8 Å². The van der Waals surface area contributed by atoms with Gasteiger partial charge in [0.15, 0.2) is 11.6 Å². The van der Waals surface area contributed by atoms with Gasteiger partial charge in [0.25, 0.3) is 8.32 Å². The van der Waals surface area contributed by atoms with Crippen LogP contribution in [-0.4, -0.2) is 87.8 Å². The molecular weight excluding hydrogens is 510 g/mol. The number of piperazine rings is 1. The van der Waals surface area contributed by atoms with Crippen LogP contribution in [0.3, 0.4) is 0 Å². The number of benzene rings is 3. The number of ether oxygens (including phenoxy) is 1. The number of hydrogen-bond acceptors (Lipinski definition) is 6. The van der Waals surface area contributed by atoms with Gasteiger partial charge in [0.1, 0.15) is 6.61 Å². The van der Waals surface area contributed by atoms with Gasteiger partial charge in [0.05, 0.1) is 0 Å². The van der Waals surface area contributed by atoms with Crippen LogP contribution in [0.5, 0.6) is 5.75 Å². The first-order valence-electron chi connectivity index (χ1n) is 13.7. The van der Waals surface area contributed by atoms with E-state index in [9.17, 15) is 14.4 Å². The third-order valence-electron chi connectivity index (χ3n) is 7.53. The molecule has 0 aromatic heterocycles. The van der Waals surface area contributed by atoms with Gasteiger partial charge in [0, 0.05) is 45.9 Å². The van der Waals surface area contributed by atoms with Gasteiger partial charge in [-0.15, -0.1) is 0 Å². The second-order valence-electron chi connectivity index (χ2n) is 11.1. The van der Waals surface area contributed by atoms with Gasteiger partial charge in [-0.3, -0.25) is 9.80 Å². The van der Waals surface area contributed by atoms with Gasteiger partial charge in [-0.05, 0) is 33.0 Å². The maximum absolute atomic E-state index is 14.1. The molecule has 1 heterocycles. The van der Waals surface area contributed by atoms with E-state index in [0.717, 1.165) is 38.8 Å². The first-order valence-corrected chi connectivity index (χ1v) is 15.6. The summed E-state index contributed by atoms with van der Waals surface area (Å²) in [6.45, 7) is 13.3. The van der Waals surface area contributed by atoms with Crippen molar-refractivity contribution in [3.63, 3.8) is 0 Å². The predicted molar refractivity (Wildman–Crippen MR) is 158 cm³/mol. The molecule has 0 aliphatic carbocycles. The zero-order valence-corrected chi connectivity index (χ0v) is 24.2. The Labute approximate surface area is 233 Å². The highest BCUT2D eigenvalue weighted by Crippen LogP contribution is 2.36. The third-order valence-corrected chi connectivity index (χ3v) is 12.6. The van der Waals surface area contributed by atoms with Crippen LogP contribution in [-0.2, 0) is 4.43 Å². The lowest BCUT2D eigenvalue weighted by molar-refractivity contribution is 0.103. The molecule has 1 fully saturated rings. The van der Waals surface area contributed by atoms with Crippen molar-refractivity contribution in [3.8, 4) is 5.75 Å². The molecule has 0 amide bonds. The van der Waals surface area contributed by atoms with Gasteiger partial charge in [-0.25, -0.2) is 4.39 Å². The Morgan fingerprint density at radius 2 is 1.31 bits per heavy atom. The van der Waals surface area contributed by atoms with Crippen LogP contribution in [0.25, 0.3) is 0 Å². The van der Waals surface area contributed by atoms with Crippen LogP contribution in [0.4, 0.5) is 4.39 Å². The van der Waals surface area contributed by atoms with Gasteiger partial charge < -0.3 is 19.2 Å². The first-order chi connectivity index (χ1) is 18.7. The molecule has 0 spiro atoms. The molecular formula is C30H40BFN2O4Si. The van der Waals surface area contributed by atoms with Crippen molar-refractivity contribution in [2.24, 2.45) is 0 Å². The molecule has 0 saturated carbocycles. The summed E-state index contributed by atoms with van der Waals surface area (Å²) in [6, 6.07) is 25.5. The van der Waals surface area contributed by atoms with Gasteiger partial charge in [-0.1, -0.05) is 87.5 Å². The minimum Gasteiger partial charge on any atom is -0.489 e. The monoisotopic (exact) mass is 550 g/mol. The molecule has 0 atom stereocenters. The molecule has 3 aromatic carbocycles. The number of rotatable bonds is 11. The zero-order valence-electron chi connectivity index (χ0n) is 23.2. The van der Waals surface area contributed by atoms with Crippen LogP contribution in [0.2, 0.25) is 5.04 Å². The summed E-state index contributed by atoms with van der Waals surface area (Å²) < 4.78 is 26.8. The molecule has 1 aliphatic heterocycles. The molecule has 208 valence electrons. The summed E-state index contributed by atoms with van der Waals surface area (Å²) in [5.74, 6) is -0.468. The van der Waals surface area contributed by atoms with Crippen LogP contribution >= 0.6 is 0 Å². The van der Waals surface area contributed by atoms with Crippen molar-refractivity contribution in [1.29, 1.82) is 0 Å². The van der Waals surface area contributed by atoms with Crippen molar-refractivity contribution in [2.75, 3.05) is 52.5 Å². The minimum atomic E-state index is -2.52. The molecule has 2 N–H and O–H groups in total. The maximum atomic E-state index is 14.1. The van der Waals surface area contributed by atoms with E-state index in [2.05, 4.69) is 91.2 Å². The second kappa shape index (κ2) is 13.2. The van der Waals surface area contributed by atoms with Gasteiger partial charge >= 0.3 is 7.12 Å². The Kier molecular flexibility index (Phi) is 9.98. The van der Waals surface area contributed by atoms with Crippen LogP contribution in [0.15, 0.2) is 78.9 Å². The highest BCUT2D eigenvalue weighted by Gasteiger charge is 2.50. The highest BCUT2D eigenvalue weighted by molar-refractivity contribution is 6.99. The average Bonchev–Trinajstić information content (AvgIpc) is 2.93. The van der Waals surface area contributed by atoms with E-state index in [1.54, 1.807) is 0 Å². The lowest BCUT2D eigenvalue weighted by atomic mass is 9.80. The number of halogens is 1. The zero-order chi connectivity index (χ0) is 27.9. The molecule has 1 aliphatic rings. The fourth-order valence-corrected chi connectivity index (χ4v) is 9.96. The smallest absolute Gasteiger partial charge is 0.488 e. The summed E-state index contributed by atoms with van der Waals surface area (Å²) in [4.78, 5) is 4.77. The maximum Gasteiger partial charge on any atom is 0.488 e. The molecule has 9 heteroatoms. The second-order valence-corrected chi connectivity index (χ2v) is 15.4. The lowest BCUT2D eigenvalue weighted by Crippen LogP contribution is -2.67. The SMILES string of the molecule is CC(C)(C)[Si](OCCN1CCN(CCOc2ccc(B(O)O)cc2F)CC1)(c1ccccc1)c1ccccc1. The molecule has 6 nitrogen and oxygen atoms in total.